The average molecular weight is 321 g/mol. The number of aliphatic hydroxyl groups is 1. The molecule has 0 aliphatic rings. The molecule has 0 aromatic heterocycles. The fourth-order valence-corrected chi connectivity index (χ4v) is 0.474. The summed E-state index contributed by atoms with van der Waals surface area (Å²) >= 11 is 3.53. The minimum atomic E-state index is -0.338. The Morgan fingerprint density at radius 3 is 1.38 bits per heavy atom. The molecule has 4 nitrogen and oxygen atoms in total. The zero-order valence-electron chi connectivity index (χ0n) is 14.5. The number of hydrogen-bond acceptors (Lipinski definition) is 5. The van der Waals surface area contributed by atoms with E-state index in [4.69, 9.17) is 21.7 Å². The van der Waals surface area contributed by atoms with E-state index < -0.39 is 0 Å². The molecule has 1 unspecified atom stereocenters. The van der Waals surface area contributed by atoms with Crippen molar-refractivity contribution in [2.75, 3.05) is 18.5 Å². The molecule has 1 aromatic carbocycles. The predicted octanol–water partition coefficient (Wildman–Crippen LogP) is 3.68. The van der Waals surface area contributed by atoms with Crippen molar-refractivity contribution in [3.8, 4) is 5.75 Å². The summed E-state index contributed by atoms with van der Waals surface area (Å²) in [4.78, 5) is 0. The molecule has 6 N–H and O–H groups in total. The molecular formula is C16H36N2O2S. The van der Waals surface area contributed by atoms with Crippen LogP contribution in [0.4, 0.5) is 5.69 Å². The molecule has 128 valence electrons. The smallest absolute Gasteiger partial charge is 0.115 e. The minimum Gasteiger partial charge on any atom is -0.508 e. The first-order valence-electron chi connectivity index (χ1n) is 7.26. The van der Waals surface area contributed by atoms with E-state index in [9.17, 15) is 0 Å². The number of thiol groups is 1. The Morgan fingerprint density at radius 2 is 1.24 bits per heavy atom. The van der Waals surface area contributed by atoms with E-state index in [-0.39, 0.29) is 11.9 Å². The normalized spacial score (nSPS) is 9.00. The second-order valence-electron chi connectivity index (χ2n) is 4.09. The molecule has 0 amide bonds. The highest BCUT2D eigenvalue weighted by atomic mass is 32.1. The lowest BCUT2D eigenvalue weighted by atomic mass is 10.3. The Morgan fingerprint density at radius 1 is 1.00 bits per heavy atom. The molecule has 0 radical (unpaired) electrons. The molecule has 5 heteroatoms. The van der Waals surface area contributed by atoms with Gasteiger partial charge in [0.2, 0.25) is 0 Å². The fourth-order valence-electron chi connectivity index (χ4n) is 0.474. The van der Waals surface area contributed by atoms with Gasteiger partial charge in [0.1, 0.15) is 5.75 Å². The maximum Gasteiger partial charge on any atom is 0.115 e. The van der Waals surface area contributed by atoms with Crippen molar-refractivity contribution < 1.29 is 10.2 Å². The Labute approximate surface area is 137 Å². The van der Waals surface area contributed by atoms with E-state index in [1.54, 1.807) is 37.4 Å². The molecular weight excluding hydrogens is 284 g/mol. The summed E-state index contributed by atoms with van der Waals surface area (Å²) in [6.07, 6.45) is 3.86. The zero-order chi connectivity index (χ0) is 17.7. The van der Waals surface area contributed by atoms with Crippen molar-refractivity contribution in [1.82, 2.24) is 0 Å². The largest absolute Gasteiger partial charge is 0.508 e. The van der Waals surface area contributed by atoms with Crippen molar-refractivity contribution in [2.24, 2.45) is 5.73 Å². The second kappa shape index (κ2) is 27.4. The number of phenols is 1. The number of rotatable bonds is 1. The number of nitrogen functional groups attached to an aromatic ring is 1. The van der Waals surface area contributed by atoms with Gasteiger partial charge in [-0.1, -0.05) is 40.5 Å². The summed E-state index contributed by atoms with van der Waals surface area (Å²) in [7, 11) is 0. The summed E-state index contributed by atoms with van der Waals surface area (Å²) < 4.78 is 0. The first kappa shape index (κ1) is 28.3. The summed E-state index contributed by atoms with van der Waals surface area (Å²) in [5, 5.41) is 16.9. The summed E-state index contributed by atoms with van der Waals surface area (Å²) in [6.45, 7) is 10.5. The van der Waals surface area contributed by atoms with Gasteiger partial charge < -0.3 is 21.7 Å². The second-order valence-corrected chi connectivity index (χ2v) is 4.09. The van der Waals surface area contributed by atoms with Crippen LogP contribution < -0.4 is 11.5 Å². The fraction of sp³-hybridized carbons (Fsp3) is 0.625. The Hall–Kier alpha value is -0.910. The van der Waals surface area contributed by atoms with Gasteiger partial charge in [0.05, 0.1) is 6.10 Å². The topological polar surface area (TPSA) is 92.5 Å². The minimum absolute atomic E-state index is 0.249. The van der Waals surface area contributed by atoms with Crippen LogP contribution in [0.3, 0.4) is 0 Å². The van der Waals surface area contributed by atoms with Crippen LogP contribution in [0.1, 0.15) is 47.5 Å². The third-order valence-electron chi connectivity index (χ3n) is 1.23. The Bertz CT molecular complexity index is 232. The maximum absolute atomic E-state index is 8.70. The van der Waals surface area contributed by atoms with Gasteiger partial charge in [0.15, 0.2) is 0 Å². The molecule has 1 atom stereocenters. The van der Waals surface area contributed by atoms with Crippen molar-refractivity contribution in [2.45, 2.75) is 53.6 Å². The number of aromatic hydroxyl groups is 1. The van der Waals surface area contributed by atoms with Crippen molar-refractivity contribution in [3.05, 3.63) is 24.3 Å². The first-order chi connectivity index (χ1) is 9.89. The quantitative estimate of drug-likeness (QED) is 0.310. The van der Waals surface area contributed by atoms with Gasteiger partial charge in [0.25, 0.3) is 0 Å². The number of benzene rings is 1. The number of hydrogen-bond donors (Lipinski definition) is 5. The SMILES string of the molecule is CC(O)CN.CCC.CCC.CS.Nc1ccc(O)cc1. The van der Waals surface area contributed by atoms with E-state index in [0.29, 0.717) is 12.2 Å². The van der Waals surface area contributed by atoms with Gasteiger partial charge in [-0.15, -0.1) is 0 Å². The molecule has 21 heavy (non-hydrogen) atoms. The van der Waals surface area contributed by atoms with Gasteiger partial charge >= 0.3 is 0 Å². The summed E-state index contributed by atoms with van der Waals surface area (Å²) in [5.74, 6) is 0.249. The van der Waals surface area contributed by atoms with Crippen molar-refractivity contribution in [1.29, 1.82) is 0 Å². The highest BCUT2D eigenvalue weighted by molar-refractivity contribution is 7.79. The highest BCUT2D eigenvalue weighted by Crippen LogP contribution is 2.09. The number of anilines is 1. The van der Waals surface area contributed by atoms with Gasteiger partial charge in [-0.05, 0) is 37.4 Å². The van der Waals surface area contributed by atoms with E-state index in [2.05, 4.69) is 40.3 Å². The first-order valence-corrected chi connectivity index (χ1v) is 8.16. The van der Waals surface area contributed by atoms with Crippen LogP contribution in [0.5, 0.6) is 5.75 Å². The Balaban J connectivity index is -0.0000000969. The molecule has 1 rings (SSSR count). The van der Waals surface area contributed by atoms with Gasteiger partial charge in [0, 0.05) is 12.2 Å². The van der Waals surface area contributed by atoms with Crippen LogP contribution in [0.2, 0.25) is 0 Å². The van der Waals surface area contributed by atoms with Crippen LogP contribution in [0, 0.1) is 0 Å². The molecule has 0 saturated carbocycles. The lowest BCUT2D eigenvalue weighted by molar-refractivity contribution is 0.203. The lowest BCUT2D eigenvalue weighted by Crippen LogP contribution is -2.14. The van der Waals surface area contributed by atoms with Crippen LogP contribution >= 0.6 is 12.6 Å². The van der Waals surface area contributed by atoms with E-state index in [1.807, 2.05) is 0 Å². The highest BCUT2D eigenvalue weighted by Gasteiger charge is 1.82. The van der Waals surface area contributed by atoms with E-state index in [1.165, 1.54) is 12.8 Å². The van der Waals surface area contributed by atoms with Crippen LogP contribution in [0.25, 0.3) is 0 Å². The van der Waals surface area contributed by atoms with Crippen LogP contribution in [0.15, 0.2) is 24.3 Å². The molecule has 0 saturated heterocycles. The molecule has 0 fully saturated rings. The summed E-state index contributed by atoms with van der Waals surface area (Å²) in [5.41, 5.74) is 10.9. The predicted molar refractivity (Wildman–Crippen MR) is 100 cm³/mol. The molecule has 0 aliphatic carbocycles. The number of nitrogens with two attached hydrogens (primary N) is 2. The third-order valence-corrected chi connectivity index (χ3v) is 1.23. The Kier molecular flexibility index (Phi) is 36.9. The van der Waals surface area contributed by atoms with Gasteiger partial charge in [-0.25, -0.2) is 0 Å². The molecule has 0 aliphatic heterocycles. The van der Waals surface area contributed by atoms with E-state index in [0.717, 1.165) is 0 Å². The number of phenolic OH excluding ortho intramolecular Hbond substituents is 1. The monoisotopic (exact) mass is 320 g/mol. The van der Waals surface area contributed by atoms with E-state index >= 15 is 0 Å². The third kappa shape index (κ3) is 45.3. The summed E-state index contributed by atoms with van der Waals surface area (Å²) in [6, 6.07) is 6.40. The average Bonchev–Trinajstić information content (AvgIpc) is 2.46. The molecule has 0 bridgehead atoms. The van der Waals surface area contributed by atoms with Crippen LogP contribution in [-0.2, 0) is 0 Å². The van der Waals surface area contributed by atoms with Gasteiger partial charge in [-0.3, -0.25) is 0 Å². The molecule has 1 aromatic rings. The molecule has 0 heterocycles. The van der Waals surface area contributed by atoms with Crippen LogP contribution in [-0.4, -0.2) is 29.1 Å². The zero-order valence-corrected chi connectivity index (χ0v) is 15.4. The lowest BCUT2D eigenvalue weighted by Gasteiger charge is -1.91. The standard InChI is InChI=1S/C6H7NO.C3H9NO.2C3H8.CH4S/c7-5-1-3-6(8)4-2-5;1-3(5)2-4;2*1-3-2;1-2/h1-4,8H,7H2;3,5H,2,4H2,1H3;2*3H2,1-2H3;2H,1H3. The van der Waals surface area contributed by atoms with Crippen molar-refractivity contribution >= 4 is 18.3 Å². The molecule has 0 spiro atoms. The van der Waals surface area contributed by atoms with Crippen molar-refractivity contribution in [3.63, 3.8) is 0 Å². The van der Waals surface area contributed by atoms with Gasteiger partial charge in [-0.2, -0.15) is 12.6 Å². The maximum atomic E-state index is 8.70. The number of aliphatic hydroxyl groups excluding tert-OH is 1.